The zero-order valence-electron chi connectivity index (χ0n) is 23.6. The Morgan fingerprint density at radius 1 is 0.743 bits per heavy atom. The van der Waals surface area contributed by atoms with E-state index >= 15 is 0 Å². The summed E-state index contributed by atoms with van der Waals surface area (Å²) in [6, 6.07) is 11.7. The number of nitrogens with two attached hydrogens (primary N) is 1. The maximum Gasteiger partial charge on any atom is 0.136 e. The van der Waals surface area contributed by atoms with Crippen LogP contribution in [0.3, 0.4) is 0 Å². The summed E-state index contributed by atoms with van der Waals surface area (Å²) in [6.07, 6.45) is 3.97. The second-order valence-electron chi connectivity index (χ2n) is 11.9. The Hall–Kier alpha value is -2.04. The van der Waals surface area contributed by atoms with E-state index in [9.17, 15) is 5.11 Å². The molecule has 2 aromatic carbocycles. The van der Waals surface area contributed by atoms with Crippen LogP contribution in [0.1, 0.15) is 110 Å². The van der Waals surface area contributed by atoms with E-state index in [1.165, 1.54) is 0 Å². The maximum absolute atomic E-state index is 12.6. The molecule has 0 amide bonds. The van der Waals surface area contributed by atoms with Gasteiger partial charge in [-0.2, -0.15) is 0 Å². The van der Waals surface area contributed by atoms with Crippen molar-refractivity contribution < 1.29 is 14.6 Å². The van der Waals surface area contributed by atoms with Gasteiger partial charge in [-0.1, -0.05) is 80.4 Å². The predicted octanol–water partition coefficient (Wildman–Crippen LogP) is 7.22. The van der Waals surface area contributed by atoms with Crippen molar-refractivity contribution in [2.24, 2.45) is 5.73 Å². The highest BCUT2D eigenvalue weighted by Crippen LogP contribution is 2.45. The zero-order valence-corrected chi connectivity index (χ0v) is 23.6. The molecule has 0 aliphatic carbocycles. The van der Waals surface area contributed by atoms with E-state index in [1.807, 2.05) is 19.1 Å². The molecule has 0 aromatic heterocycles. The van der Waals surface area contributed by atoms with Gasteiger partial charge in [0.2, 0.25) is 0 Å². The van der Waals surface area contributed by atoms with Gasteiger partial charge in [-0.3, -0.25) is 0 Å². The van der Waals surface area contributed by atoms with Crippen LogP contribution in [0.4, 0.5) is 0 Å². The summed E-state index contributed by atoms with van der Waals surface area (Å²) in [5, 5.41) is 12.6. The van der Waals surface area contributed by atoms with Crippen LogP contribution >= 0.6 is 0 Å². The van der Waals surface area contributed by atoms with Crippen LogP contribution in [-0.4, -0.2) is 24.4 Å². The maximum atomic E-state index is 12.6. The molecule has 0 saturated heterocycles. The molecule has 4 heteroatoms. The van der Waals surface area contributed by atoms with Crippen LogP contribution in [0.25, 0.3) is 0 Å². The van der Waals surface area contributed by atoms with Crippen molar-refractivity contribution in [2.45, 2.75) is 110 Å². The lowest BCUT2D eigenvalue weighted by atomic mass is 9.75. The molecule has 1 atom stereocenters. The number of hydrogen-bond acceptors (Lipinski definition) is 4. The highest BCUT2D eigenvalue weighted by Gasteiger charge is 2.42. The molecule has 3 N–H and O–H groups in total. The highest BCUT2D eigenvalue weighted by atomic mass is 16.5. The zero-order chi connectivity index (χ0) is 26.4. The fourth-order valence-electron chi connectivity index (χ4n) is 4.13. The summed E-state index contributed by atoms with van der Waals surface area (Å²) in [5.41, 5.74) is 8.59. The molecule has 0 unspecified atom stereocenters. The molecule has 0 heterocycles. The van der Waals surface area contributed by atoms with Gasteiger partial charge in [0.1, 0.15) is 17.1 Å². The Labute approximate surface area is 214 Å². The summed E-state index contributed by atoms with van der Waals surface area (Å²) in [6.45, 7) is 20.4. The lowest BCUT2D eigenvalue weighted by molar-refractivity contribution is 0.0509. The molecule has 4 nitrogen and oxygen atoms in total. The number of rotatable bonds is 11. The second kappa shape index (κ2) is 11.8. The van der Waals surface area contributed by atoms with Gasteiger partial charge in [-0.05, 0) is 66.0 Å². The first-order valence-electron chi connectivity index (χ1n) is 13.3. The third-order valence-electron chi connectivity index (χ3n) is 6.68. The molecule has 0 aliphatic rings. The fraction of sp³-hybridized carbons (Fsp3) is 0.613. The molecule has 0 spiro atoms. The summed E-state index contributed by atoms with van der Waals surface area (Å²) in [5.74, 6) is 1.35. The van der Waals surface area contributed by atoms with Crippen molar-refractivity contribution >= 4 is 0 Å². The third kappa shape index (κ3) is 7.01. The molecule has 0 fully saturated rings. The highest BCUT2D eigenvalue weighted by molar-refractivity contribution is 5.54. The molecule has 0 saturated carbocycles. The molecule has 0 bridgehead atoms. The first-order valence-corrected chi connectivity index (χ1v) is 13.3. The van der Waals surface area contributed by atoms with Gasteiger partial charge in [0.05, 0.1) is 13.2 Å². The van der Waals surface area contributed by atoms with Crippen molar-refractivity contribution in [2.75, 3.05) is 13.2 Å². The van der Waals surface area contributed by atoms with Crippen LogP contribution in [0.2, 0.25) is 0 Å². The largest absolute Gasteiger partial charge is 0.493 e. The van der Waals surface area contributed by atoms with Crippen molar-refractivity contribution in [3.63, 3.8) is 0 Å². The SMILES string of the molecule is CCCCOc1ccc(C(C)(C)C)cc1C(O)(c1cc(C(C)(C)C)ccc1OCCCC)[C@H](C)N. The van der Waals surface area contributed by atoms with E-state index in [0.717, 1.165) is 36.8 Å². The van der Waals surface area contributed by atoms with E-state index in [1.54, 1.807) is 0 Å². The van der Waals surface area contributed by atoms with Gasteiger partial charge in [0.15, 0.2) is 0 Å². The van der Waals surface area contributed by atoms with Crippen molar-refractivity contribution in [3.8, 4) is 11.5 Å². The summed E-state index contributed by atoms with van der Waals surface area (Å²) in [4.78, 5) is 0. The van der Waals surface area contributed by atoms with Gasteiger partial charge in [-0.25, -0.2) is 0 Å². The summed E-state index contributed by atoms with van der Waals surface area (Å²) < 4.78 is 12.5. The number of ether oxygens (including phenoxy) is 2. The first kappa shape index (κ1) is 29.2. The van der Waals surface area contributed by atoms with Crippen LogP contribution in [0.5, 0.6) is 11.5 Å². The third-order valence-corrected chi connectivity index (χ3v) is 6.68. The van der Waals surface area contributed by atoms with Gasteiger partial charge >= 0.3 is 0 Å². The van der Waals surface area contributed by atoms with Gasteiger partial charge in [-0.15, -0.1) is 0 Å². The monoisotopic (exact) mass is 483 g/mol. The molecule has 0 radical (unpaired) electrons. The first-order chi connectivity index (χ1) is 16.3. The van der Waals surface area contributed by atoms with Crippen LogP contribution < -0.4 is 15.2 Å². The Kier molecular flexibility index (Phi) is 9.84. The van der Waals surface area contributed by atoms with Crippen molar-refractivity contribution in [1.82, 2.24) is 0 Å². The Bertz CT molecular complexity index is 879. The lowest BCUT2D eigenvalue weighted by Crippen LogP contribution is -2.45. The average Bonchev–Trinajstić information content (AvgIpc) is 2.77. The molecule has 0 aliphatic heterocycles. The van der Waals surface area contributed by atoms with E-state index < -0.39 is 11.6 Å². The minimum Gasteiger partial charge on any atom is -0.493 e. The number of benzene rings is 2. The van der Waals surface area contributed by atoms with E-state index in [-0.39, 0.29) is 10.8 Å². The van der Waals surface area contributed by atoms with E-state index in [2.05, 4.69) is 79.7 Å². The normalized spacial score (nSPS) is 13.6. The smallest absolute Gasteiger partial charge is 0.136 e. The minimum absolute atomic E-state index is 0.0941. The van der Waals surface area contributed by atoms with Gasteiger partial charge in [0.25, 0.3) is 0 Å². The Morgan fingerprint density at radius 2 is 1.11 bits per heavy atom. The molecule has 35 heavy (non-hydrogen) atoms. The predicted molar refractivity (Wildman–Crippen MR) is 148 cm³/mol. The Balaban J connectivity index is 2.83. The number of hydrogen-bond donors (Lipinski definition) is 2. The van der Waals surface area contributed by atoms with Crippen molar-refractivity contribution in [1.29, 1.82) is 0 Å². The van der Waals surface area contributed by atoms with E-state index in [4.69, 9.17) is 15.2 Å². The number of aliphatic hydroxyl groups is 1. The van der Waals surface area contributed by atoms with Crippen LogP contribution in [0, 0.1) is 0 Å². The number of unbranched alkanes of at least 4 members (excludes halogenated alkanes) is 2. The van der Waals surface area contributed by atoms with Crippen LogP contribution in [-0.2, 0) is 16.4 Å². The Morgan fingerprint density at radius 3 is 1.40 bits per heavy atom. The van der Waals surface area contributed by atoms with Gasteiger partial charge in [0, 0.05) is 17.2 Å². The molecule has 2 aromatic rings. The standard InChI is InChI=1S/C31H49NO3/c1-10-12-18-34-27-16-14-23(29(4,5)6)20-25(27)31(33,22(3)32)26-21-24(30(7,8)9)15-17-28(26)35-19-13-11-2/h14-17,20-22,33H,10-13,18-19,32H2,1-9H3/t22-/m0/s1. The summed E-state index contributed by atoms with van der Waals surface area (Å²) >= 11 is 0. The van der Waals surface area contributed by atoms with E-state index in [0.29, 0.717) is 35.8 Å². The topological polar surface area (TPSA) is 64.7 Å². The second-order valence-corrected chi connectivity index (χ2v) is 11.9. The van der Waals surface area contributed by atoms with Crippen molar-refractivity contribution in [3.05, 3.63) is 58.7 Å². The van der Waals surface area contributed by atoms with Crippen LogP contribution in [0.15, 0.2) is 36.4 Å². The quantitative estimate of drug-likeness (QED) is 0.331. The summed E-state index contributed by atoms with van der Waals surface area (Å²) in [7, 11) is 0. The minimum atomic E-state index is -1.49. The average molecular weight is 484 g/mol. The lowest BCUT2D eigenvalue weighted by Gasteiger charge is -2.37. The molecular formula is C31H49NO3. The van der Waals surface area contributed by atoms with Gasteiger partial charge < -0.3 is 20.3 Å². The fourth-order valence-corrected chi connectivity index (χ4v) is 4.13. The molecule has 196 valence electrons. The molecular weight excluding hydrogens is 434 g/mol. The molecule has 2 rings (SSSR count).